The Balaban J connectivity index is 2.86. The largest absolute Gasteiger partial charge is 0.372 e. The standard InChI is InChI=1S/C12H16BrN/c1-10-6-8-14(9-7-10)12-4-2-11(13)3-5-12/h2-5,10H,6-9H2,1H3/i1D3,6D2,7D2,8D2,9D2,10D. The van der Waals surface area contributed by atoms with Crippen molar-refractivity contribution in [1.29, 1.82) is 0 Å². The zero-order chi connectivity index (χ0) is 20.6. The lowest BCUT2D eigenvalue weighted by molar-refractivity contribution is 0.438. The van der Waals surface area contributed by atoms with Crippen LogP contribution >= 0.6 is 15.9 Å². The Hall–Kier alpha value is -0.500. The number of hydrogen-bond acceptors (Lipinski definition) is 1. The predicted octanol–water partition coefficient (Wildman–Crippen LogP) is 3.69. The monoisotopic (exact) mass is 265 g/mol. The van der Waals surface area contributed by atoms with Gasteiger partial charge in [-0.25, -0.2) is 0 Å². The van der Waals surface area contributed by atoms with Crippen molar-refractivity contribution in [1.82, 2.24) is 0 Å². The highest BCUT2D eigenvalue weighted by atomic mass is 79.9. The maximum Gasteiger partial charge on any atom is 0.0493 e. The molecule has 1 saturated heterocycles. The first kappa shape index (κ1) is 3.00. The summed E-state index contributed by atoms with van der Waals surface area (Å²) in [6, 6.07) is 5.36. The van der Waals surface area contributed by atoms with Crippen LogP contribution in [0.15, 0.2) is 28.7 Å². The molecule has 2 heteroatoms. The summed E-state index contributed by atoms with van der Waals surface area (Å²) in [5, 5.41) is 0. The van der Waals surface area contributed by atoms with Gasteiger partial charge in [-0.05, 0) is 42.9 Å². The van der Waals surface area contributed by atoms with E-state index in [0.717, 1.165) is 0 Å². The molecule has 0 atom stereocenters. The van der Waals surface area contributed by atoms with Crippen LogP contribution in [-0.2, 0) is 0 Å². The summed E-state index contributed by atoms with van der Waals surface area (Å²) in [6.45, 7) is -10.3. The van der Waals surface area contributed by atoms with Gasteiger partial charge in [0.25, 0.3) is 0 Å². The van der Waals surface area contributed by atoms with Crippen LogP contribution in [-0.4, -0.2) is 13.0 Å². The summed E-state index contributed by atoms with van der Waals surface area (Å²) < 4.78 is 96.2. The van der Waals surface area contributed by atoms with Crippen LogP contribution in [0.3, 0.4) is 0 Å². The third kappa shape index (κ3) is 2.30. The lowest BCUT2D eigenvalue weighted by Crippen LogP contribution is -2.32. The van der Waals surface area contributed by atoms with Crippen LogP contribution in [0.4, 0.5) is 5.69 Å². The van der Waals surface area contributed by atoms with Gasteiger partial charge in [0.15, 0.2) is 0 Å². The fourth-order valence-electron chi connectivity index (χ4n) is 1.00. The maximum atomic E-state index is 8.17. The molecule has 2 rings (SSSR count). The SMILES string of the molecule is [2H]C([2H])([2H])C1([2H])C([2H])([2H])C([2H])([2H])N(c2ccc(Br)cc2)C([2H])([2H])C1([2H])[2H]. The van der Waals surface area contributed by atoms with Crippen molar-refractivity contribution in [3.63, 3.8) is 0 Å². The predicted molar refractivity (Wildman–Crippen MR) is 64.8 cm³/mol. The van der Waals surface area contributed by atoms with Crippen molar-refractivity contribution in [2.45, 2.75) is 19.6 Å². The fourth-order valence-corrected chi connectivity index (χ4v) is 1.27. The molecular formula is C12H16BrN. The Labute approximate surface area is 111 Å². The van der Waals surface area contributed by atoms with Gasteiger partial charge in [0.05, 0.1) is 0 Å². The zero-order valence-corrected chi connectivity index (χ0v) is 8.72. The molecule has 1 aliphatic rings. The Morgan fingerprint density at radius 1 is 1.43 bits per heavy atom. The van der Waals surface area contributed by atoms with Crippen molar-refractivity contribution >= 4 is 21.6 Å². The number of benzene rings is 1. The molecule has 0 N–H and O–H groups in total. The molecule has 0 amide bonds. The van der Waals surface area contributed by atoms with Crippen molar-refractivity contribution in [2.75, 3.05) is 17.9 Å². The van der Waals surface area contributed by atoms with Crippen LogP contribution in [0.25, 0.3) is 0 Å². The summed E-state index contributed by atoms with van der Waals surface area (Å²) in [6.07, 6.45) is -7.18. The van der Waals surface area contributed by atoms with E-state index in [1.54, 1.807) is 0 Å². The van der Waals surface area contributed by atoms with Gasteiger partial charge in [-0.1, -0.05) is 22.8 Å². The highest BCUT2D eigenvalue weighted by Crippen LogP contribution is 2.24. The summed E-state index contributed by atoms with van der Waals surface area (Å²) in [4.78, 5) is 0.241. The van der Waals surface area contributed by atoms with E-state index in [9.17, 15) is 0 Å². The van der Waals surface area contributed by atoms with Gasteiger partial charge in [-0.3, -0.25) is 0 Å². The van der Waals surface area contributed by atoms with E-state index in [1.807, 2.05) is 0 Å². The van der Waals surface area contributed by atoms with E-state index in [-0.39, 0.29) is 10.6 Å². The van der Waals surface area contributed by atoms with E-state index in [4.69, 9.17) is 16.4 Å². The van der Waals surface area contributed by atoms with Gasteiger partial charge < -0.3 is 4.90 Å². The molecule has 0 aromatic heterocycles. The van der Waals surface area contributed by atoms with Gasteiger partial charge in [-0.15, -0.1) is 0 Å². The quantitative estimate of drug-likeness (QED) is 0.749. The zero-order valence-electron chi connectivity index (χ0n) is 19.1. The molecule has 14 heavy (non-hydrogen) atoms. The van der Waals surface area contributed by atoms with E-state index < -0.39 is 38.5 Å². The molecular weight excluding hydrogens is 238 g/mol. The van der Waals surface area contributed by atoms with Gasteiger partial charge in [-0.2, -0.15) is 0 Å². The van der Waals surface area contributed by atoms with Crippen molar-refractivity contribution in [3.8, 4) is 0 Å². The van der Waals surface area contributed by atoms with Gasteiger partial charge in [0.1, 0.15) is 0 Å². The first-order valence-corrected chi connectivity index (χ1v) is 4.72. The molecule has 0 spiro atoms. The van der Waals surface area contributed by atoms with Crippen LogP contribution in [0.5, 0.6) is 0 Å². The Bertz CT molecular complexity index is 667. The molecule has 0 bridgehead atoms. The number of anilines is 1. The van der Waals surface area contributed by atoms with Gasteiger partial charge in [0, 0.05) is 39.6 Å². The lowest BCUT2D eigenvalue weighted by atomic mass is 9.99. The van der Waals surface area contributed by atoms with Crippen molar-refractivity contribution < 1.29 is 16.4 Å². The Morgan fingerprint density at radius 3 is 2.64 bits per heavy atom. The molecule has 1 fully saturated rings. The highest BCUT2D eigenvalue weighted by molar-refractivity contribution is 9.10. The average molecular weight is 266 g/mol. The van der Waals surface area contributed by atoms with Gasteiger partial charge in [0.2, 0.25) is 0 Å². The topological polar surface area (TPSA) is 3.24 Å². The van der Waals surface area contributed by atoms with E-state index >= 15 is 0 Å². The van der Waals surface area contributed by atoms with E-state index in [2.05, 4.69) is 15.9 Å². The van der Waals surface area contributed by atoms with Crippen LogP contribution in [0.2, 0.25) is 0 Å². The molecule has 0 unspecified atom stereocenters. The first-order valence-electron chi connectivity index (χ1n) is 9.93. The maximum absolute atomic E-state index is 8.17. The Kier molecular flexibility index (Phi) is 0.933. The minimum atomic E-state index is -3.70. The van der Waals surface area contributed by atoms with Crippen LogP contribution in [0, 0.1) is 5.89 Å². The molecule has 0 saturated carbocycles. The average Bonchev–Trinajstić information content (AvgIpc) is 2.45. The summed E-state index contributed by atoms with van der Waals surface area (Å²) in [5.41, 5.74) is -0.191. The molecule has 0 radical (unpaired) electrons. The molecule has 1 heterocycles. The second-order valence-corrected chi connectivity index (χ2v) is 3.58. The summed E-state index contributed by atoms with van der Waals surface area (Å²) in [5.74, 6) is -3.70. The smallest absolute Gasteiger partial charge is 0.0493 e. The first-order chi connectivity index (χ1) is 11.4. The van der Waals surface area contributed by atoms with Gasteiger partial charge >= 0.3 is 0 Å². The third-order valence-corrected chi connectivity index (χ3v) is 2.20. The second-order valence-electron chi connectivity index (χ2n) is 2.66. The molecule has 1 aliphatic heterocycles. The number of nitrogens with zero attached hydrogens (tertiary/aromatic N) is 1. The number of rotatable bonds is 1. The summed E-state index contributed by atoms with van der Waals surface area (Å²) >= 11 is 3.16. The molecule has 1 aromatic carbocycles. The number of hydrogen-bond donors (Lipinski definition) is 0. The van der Waals surface area contributed by atoms with E-state index in [1.165, 1.54) is 24.3 Å². The van der Waals surface area contributed by atoms with Crippen LogP contribution < -0.4 is 4.90 Å². The number of halogens is 1. The molecule has 0 aliphatic carbocycles. The van der Waals surface area contributed by atoms with Crippen molar-refractivity contribution in [2.24, 2.45) is 5.89 Å². The van der Waals surface area contributed by atoms with Crippen LogP contribution in [0.1, 0.15) is 36.0 Å². The normalized spacial score (nSPS) is 48.8. The third-order valence-electron chi connectivity index (χ3n) is 1.67. The van der Waals surface area contributed by atoms with E-state index in [0.29, 0.717) is 4.47 Å². The second kappa shape index (κ2) is 4.35. The molecule has 1 nitrogen and oxygen atoms in total. The minimum absolute atomic E-state index is 0.191. The molecule has 1 aromatic rings. The molecule has 76 valence electrons. The summed E-state index contributed by atoms with van der Waals surface area (Å²) in [7, 11) is 0. The fraction of sp³-hybridized carbons (Fsp3) is 0.500. The highest BCUT2D eigenvalue weighted by Gasteiger charge is 2.15. The number of piperidine rings is 1. The minimum Gasteiger partial charge on any atom is -0.372 e. The van der Waals surface area contributed by atoms with Crippen molar-refractivity contribution in [3.05, 3.63) is 28.7 Å². The lowest BCUT2D eigenvalue weighted by Gasteiger charge is -2.32. The Morgan fingerprint density at radius 2 is 2.07 bits per heavy atom.